The van der Waals surface area contributed by atoms with Crippen molar-refractivity contribution in [1.82, 2.24) is 24.4 Å². The van der Waals surface area contributed by atoms with Gasteiger partial charge in [0.15, 0.2) is 16.0 Å². The van der Waals surface area contributed by atoms with Crippen LogP contribution in [0.15, 0.2) is 48.8 Å². The van der Waals surface area contributed by atoms with Gasteiger partial charge in [0.2, 0.25) is 0 Å². The SMILES string of the molecule is O=C1C=C(n2ncc3c2CN(Cc2cnc4ccccc4c2)C3)S(=O)N1. The Hall–Kier alpha value is -2.84. The summed E-state index contributed by atoms with van der Waals surface area (Å²) in [5, 5.41) is 5.83. The molecule has 1 amide bonds. The van der Waals surface area contributed by atoms with Crippen molar-refractivity contribution in [3.63, 3.8) is 0 Å². The normalized spacial score (nSPS) is 19.6. The highest BCUT2D eigenvalue weighted by Gasteiger charge is 2.29. The first kappa shape index (κ1) is 15.4. The number of hydrogen-bond donors (Lipinski definition) is 1. The van der Waals surface area contributed by atoms with Gasteiger partial charge >= 0.3 is 0 Å². The fraction of sp³-hybridized carbons (Fsp3) is 0.167. The molecule has 2 aliphatic heterocycles. The van der Waals surface area contributed by atoms with E-state index >= 15 is 0 Å². The Bertz CT molecular complexity index is 1100. The number of nitrogens with zero attached hydrogens (tertiary/aromatic N) is 4. The van der Waals surface area contributed by atoms with Gasteiger partial charge in [-0.05, 0) is 17.7 Å². The van der Waals surface area contributed by atoms with Crippen molar-refractivity contribution in [3.8, 4) is 0 Å². The maximum absolute atomic E-state index is 12.0. The zero-order valence-corrected chi connectivity index (χ0v) is 14.6. The van der Waals surface area contributed by atoms with Crippen molar-refractivity contribution in [2.24, 2.45) is 0 Å². The number of carbonyl (C=O) groups is 1. The third-order valence-corrected chi connectivity index (χ3v) is 5.68. The van der Waals surface area contributed by atoms with Gasteiger partial charge in [0.1, 0.15) is 0 Å². The molecule has 0 fully saturated rings. The van der Waals surface area contributed by atoms with Crippen molar-refractivity contribution in [3.05, 3.63) is 65.6 Å². The zero-order valence-electron chi connectivity index (χ0n) is 13.8. The number of carbonyl (C=O) groups excluding carboxylic acids is 1. The summed E-state index contributed by atoms with van der Waals surface area (Å²) in [4.78, 5) is 18.2. The molecule has 2 aliphatic rings. The second-order valence-corrected chi connectivity index (χ2v) is 7.59. The Kier molecular flexibility index (Phi) is 3.47. The maximum atomic E-state index is 12.0. The summed E-state index contributed by atoms with van der Waals surface area (Å²) in [7, 11) is -1.54. The number of rotatable bonds is 3. The molecule has 0 saturated carbocycles. The minimum Gasteiger partial charge on any atom is -0.289 e. The number of hydrogen-bond acceptors (Lipinski definition) is 5. The van der Waals surface area contributed by atoms with Crippen LogP contribution in [0.3, 0.4) is 0 Å². The van der Waals surface area contributed by atoms with Crippen molar-refractivity contribution in [1.29, 1.82) is 0 Å². The largest absolute Gasteiger partial charge is 0.289 e. The number of benzene rings is 1. The lowest BCUT2D eigenvalue weighted by molar-refractivity contribution is -0.114. The molecule has 0 saturated heterocycles. The third-order valence-electron chi connectivity index (χ3n) is 4.62. The molecule has 1 unspecified atom stereocenters. The zero-order chi connectivity index (χ0) is 17.7. The van der Waals surface area contributed by atoms with Gasteiger partial charge < -0.3 is 0 Å². The molecule has 8 heteroatoms. The molecule has 4 heterocycles. The van der Waals surface area contributed by atoms with Crippen LogP contribution in [-0.2, 0) is 35.4 Å². The third kappa shape index (κ3) is 2.54. The molecule has 5 rings (SSSR count). The molecule has 0 bridgehead atoms. The predicted octanol–water partition coefficient (Wildman–Crippen LogP) is 1.54. The van der Waals surface area contributed by atoms with Crippen LogP contribution in [0.1, 0.15) is 16.8 Å². The standard InChI is InChI=1S/C18H15N5O2S/c24-17-6-18(26(25)21-17)23-16-11-22(10-14(16)8-20-23)9-12-5-13-3-1-2-4-15(13)19-7-12/h1-8H,9-11H2,(H,21,24). The van der Waals surface area contributed by atoms with Gasteiger partial charge in [0, 0.05) is 42.9 Å². The number of nitrogens with one attached hydrogen (secondary N) is 1. The molecule has 1 aromatic carbocycles. The topological polar surface area (TPSA) is 80.1 Å². The van der Waals surface area contributed by atoms with Gasteiger partial charge in [-0.15, -0.1) is 0 Å². The summed E-state index contributed by atoms with van der Waals surface area (Å²) >= 11 is 0. The first-order chi connectivity index (χ1) is 12.7. The summed E-state index contributed by atoms with van der Waals surface area (Å²) < 4.78 is 16.0. The van der Waals surface area contributed by atoms with Crippen molar-refractivity contribution in [2.45, 2.75) is 19.6 Å². The Balaban J connectivity index is 1.38. The molecule has 1 atom stereocenters. The first-order valence-corrected chi connectivity index (χ1v) is 9.38. The monoisotopic (exact) mass is 365 g/mol. The van der Waals surface area contributed by atoms with Crippen LogP contribution in [-0.4, -0.2) is 29.8 Å². The molecule has 0 radical (unpaired) electrons. The van der Waals surface area contributed by atoms with Gasteiger partial charge in [-0.3, -0.25) is 19.4 Å². The second kappa shape index (κ2) is 5.86. The minimum atomic E-state index is -1.54. The van der Waals surface area contributed by atoms with Crippen LogP contribution in [0.25, 0.3) is 15.9 Å². The van der Waals surface area contributed by atoms with E-state index in [9.17, 15) is 9.00 Å². The lowest BCUT2D eigenvalue weighted by Crippen LogP contribution is -2.19. The number of amides is 1. The lowest BCUT2D eigenvalue weighted by Gasteiger charge is -2.16. The highest BCUT2D eigenvalue weighted by atomic mass is 32.2. The lowest BCUT2D eigenvalue weighted by atomic mass is 10.1. The van der Waals surface area contributed by atoms with E-state index in [-0.39, 0.29) is 5.91 Å². The van der Waals surface area contributed by atoms with Crippen molar-refractivity contribution in [2.75, 3.05) is 0 Å². The average molecular weight is 365 g/mol. The van der Waals surface area contributed by atoms with Crippen LogP contribution < -0.4 is 4.72 Å². The van der Waals surface area contributed by atoms with Crippen LogP contribution in [0, 0.1) is 0 Å². The highest BCUT2D eigenvalue weighted by Crippen LogP contribution is 2.28. The Morgan fingerprint density at radius 3 is 2.92 bits per heavy atom. The summed E-state index contributed by atoms with van der Waals surface area (Å²) in [5.74, 6) is -0.348. The minimum absolute atomic E-state index is 0.348. The second-order valence-electron chi connectivity index (χ2n) is 6.43. The molecular formula is C18H15N5O2S. The Morgan fingerprint density at radius 1 is 1.19 bits per heavy atom. The van der Waals surface area contributed by atoms with Crippen LogP contribution in [0.4, 0.5) is 0 Å². The number of para-hydroxylation sites is 1. The van der Waals surface area contributed by atoms with Crippen LogP contribution in [0.2, 0.25) is 0 Å². The van der Waals surface area contributed by atoms with E-state index < -0.39 is 11.0 Å². The van der Waals surface area contributed by atoms with Crippen LogP contribution in [0.5, 0.6) is 0 Å². The highest BCUT2D eigenvalue weighted by molar-refractivity contribution is 7.93. The fourth-order valence-corrected chi connectivity index (χ4v) is 4.33. The van der Waals surface area contributed by atoms with Crippen molar-refractivity contribution < 1.29 is 9.00 Å². The Morgan fingerprint density at radius 2 is 2.08 bits per heavy atom. The summed E-state index contributed by atoms with van der Waals surface area (Å²) in [6.45, 7) is 2.22. The van der Waals surface area contributed by atoms with Crippen molar-refractivity contribution >= 4 is 32.8 Å². The predicted molar refractivity (Wildman–Crippen MR) is 97.5 cm³/mol. The number of pyridine rings is 1. The molecule has 26 heavy (non-hydrogen) atoms. The van der Waals surface area contributed by atoms with Gasteiger partial charge in [0.25, 0.3) is 5.91 Å². The van der Waals surface area contributed by atoms with E-state index in [1.165, 1.54) is 6.08 Å². The van der Waals surface area contributed by atoms with Crippen LogP contribution >= 0.6 is 0 Å². The first-order valence-electron chi connectivity index (χ1n) is 8.24. The molecule has 3 aromatic rings. The molecule has 2 aromatic heterocycles. The fourth-order valence-electron chi connectivity index (χ4n) is 3.46. The van der Waals surface area contributed by atoms with E-state index in [0.29, 0.717) is 11.6 Å². The van der Waals surface area contributed by atoms with E-state index in [0.717, 1.165) is 40.8 Å². The maximum Gasteiger partial charge on any atom is 0.258 e. The van der Waals surface area contributed by atoms with E-state index in [1.807, 2.05) is 24.4 Å². The molecule has 0 spiro atoms. The summed E-state index contributed by atoms with van der Waals surface area (Å²) in [6, 6.07) is 10.2. The molecule has 0 aliphatic carbocycles. The van der Waals surface area contributed by atoms with E-state index in [1.54, 1.807) is 10.9 Å². The van der Waals surface area contributed by atoms with E-state index in [2.05, 4.69) is 31.8 Å². The molecule has 7 nitrogen and oxygen atoms in total. The van der Waals surface area contributed by atoms with Gasteiger partial charge in [-0.25, -0.2) is 8.89 Å². The van der Waals surface area contributed by atoms with Gasteiger partial charge in [-0.2, -0.15) is 5.10 Å². The Labute approximate surface area is 151 Å². The summed E-state index contributed by atoms with van der Waals surface area (Å²) in [5.41, 5.74) is 4.21. The average Bonchev–Trinajstić information content (AvgIpc) is 3.29. The quantitative estimate of drug-likeness (QED) is 0.762. The van der Waals surface area contributed by atoms with Gasteiger partial charge in [-0.1, -0.05) is 18.2 Å². The molecular weight excluding hydrogens is 350 g/mol. The van der Waals surface area contributed by atoms with E-state index in [4.69, 9.17) is 0 Å². The molecule has 130 valence electrons. The molecule has 1 N–H and O–H groups in total. The smallest absolute Gasteiger partial charge is 0.258 e. The summed E-state index contributed by atoms with van der Waals surface area (Å²) in [6.07, 6.45) is 5.04. The number of aromatic nitrogens is 3. The number of fused-ring (bicyclic) bond motifs is 2. The van der Waals surface area contributed by atoms with Gasteiger partial charge in [0.05, 0.1) is 17.4 Å².